The summed E-state index contributed by atoms with van der Waals surface area (Å²) >= 11 is 0. The van der Waals surface area contributed by atoms with Gasteiger partial charge in [0, 0.05) is 40.7 Å². The summed E-state index contributed by atoms with van der Waals surface area (Å²) < 4.78 is 28.0. The van der Waals surface area contributed by atoms with Crippen molar-refractivity contribution in [2.24, 2.45) is 28.6 Å². The minimum absolute atomic E-state index is 0.0307. The number of carbonyl (C=O) groups is 5. The number of pyridine rings is 1. The fraction of sp³-hybridized carbons (Fsp3) is 0.467. The summed E-state index contributed by atoms with van der Waals surface area (Å²) in [4.78, 5) is 70.0. The molecule has 2 N–H and O–H groups in total. The van der Waals surface area contributed by atoms with Crippen LogP contribution in [0.1, 0.15) is 76.0 Å². The minimum atomic E-state index is -1.97. The second-order valence-corrected chi connectivity index (χ2v) is 16.8. The van der Waals surface area contributed by atoms with E-state index in [0.717, 1.165) is 16.3 Å². The number of hydrogen-bond donors (Lipinski definition) is 2. The topological polar surface area (TPSA) is 152 Å². The van der Waals surface area contributed by atoms with Gasteiger partial charge in [-0.3, -0.25) is 33.9 Å². The van der Waals surface area contributed by atoms with E-state index in [-0.39, 0.29) is 49.3 Å². The Kier molecular flexibility index (Phi) is 11.1. The minimum Gasteiger partial charge on any atom is -0.461 e. The number of likely N-dealkylation sites (N-methyl/N-ethyl adjacent to an activating group) is 1. The molecule has 1 amide bonds. The highest BCUT2D eigenvalue weighted by molar-refractivity contribution is 6.01. The molecule has 1 unspecified atom stereocenters. The predicted octanol–water partition coefficient (Wildman–Crippen LogP) is 6.40. The van der Waals surface area contributed by atoms with E-state index in [9.17, 15) is 29.1 Å². The number of carbonyl (C=O) groups excluding carboxylic acids is 5. The van der Waals surface area contributed by atoms with Crippen molar-refractivity contribution >= 4 is 45.9 Å². The zero-order valence-electron chi connectivity index (χ0n) is 32.8. The summed E-state index contributed by atoms with van der Waals surface area (Å²) in [5.41, 5.74) is -0.903. The number of fused-ring (bicyclic) bond motifs is 6. The van der Waals surface area contributed by atoms with E-state index in [1.54, 1.807) is 37.5 Å². The Balaban J connectivity index is 0.868. The van der Waals surface area contributed by atoms with Crippen molar-refractivity contribution in [2.45, 2.75) is 83.2 Å². The molecule has 8 atom stereocenters. The fourth-order valence-corrected chi connectivity index (χ4v) is 10.4. The van der Waals surface area contributed by atoms with Gasteiger partial charge >= 0.3 is 11.9 Å². The van der Waals surface area contributed by atoms with Gasteiger partial charge in [-0.15, -0.1) is 0 Å². The van der Waals surface area contributed by atoms with E-state index in [4.69, 9.17) is 9.47 Å². The van der Waals surface area contributed by atoms with Crippen molar-refractivity contribution in [3.63, 3.8) is 0 Å². The number of rotatable bonds is 12. The molecular formula is C45H50FN3O8. The van der Waals surface area contributed by atoms with Crippen LogP contribution in [0, 0.1) is 28.6 Å². The second kappa shape index (κ2) is 15.7. The quantitative estimate of drug-likeness (QED) is 0.198. The number of aliphatic hydroxyl groups excluding tert-OH is 1. The molecule has 57 heavy (non-hydrogen) atoms. The Morgan fingerprint density at radius 2 is 1.70 bits per heavy atom. The highest BCUT2D eigenvalue weighted by Gasteiger charge is 2.70. The van der Waals surface area contributed by atoms with Crippen molar-refractivity contribution < 1.29 is 42.9 Å². The Labute approximate surface area is 331 Å². The molecule has 4 aliphatic carbocycles. The first-order valence-electron chi connectivity index (χ1n) is 19.7. The van der Waals surface area contributed by atoms with E-state index < -0.39 is 59.0 Å². The van der Waals surface area contributed by atoms with Gasteiger partial charge in [-0.05, 0) is 111 Å². The van der Waals surface area contributed by atoms with E-state index in [1.165, 1.54) is 12.2 Å². The maximum Gasteiger partial charge on any atom is 0.306 e. The molecule has 0 spiro atoms. The normalized spacial score (nSPS) is 29.5. The second-order valence-electron chi connectivity index (χ2n) is 16.8. The number of aliphatic hydroxyl groups is 1. The number of hydrogen-bond acceptors (Lipinski definition) is 10. The van der Waals surface area contributed by atoms with Crippen molar-refractivity contribution in [3.05, 3.63) is 95.9 Å². The average Bonchev–Trinajstić information content (AvgIpc) is 3.52. The van der Waals surface area contributed by atoms with Crippen molar-refractivity contribution in [3.8, 4) is 0 Å². The molecule has 1 aromatic heterocycles. The smallest absolute Gasteiger partial charge is 0.306 e. The van der Waals surface area contributed by atoms with Crippen LogP contribution in [0.2, 0.25) is 0 Å². The first-order chi connectivity index (χ1) is 27.1. The summed E-state index contributed by atoms with van der Waals surface area (Å²) in [6.07, 6.45) is 8.38. The Morgan fingerprint density at radius 1 is 0.965 bits per heavy atom. The summed E-state index contributed by atoms with van der Waals surface area (Å²) in [7, 11) is 3.64. The van der Waals surface area contributed by atoms with Crippen molar-refractivity contribution in [1.29, 1.82) is 0 Å². The molecule has 3 aromatic rings. The highest BCUT2D eigenvalue weighted by Crippen LogP contribution is 2.69. The van der Waals surface area contributed by atoms with Gasteiger partial charge in [0.2, 0.25) is 5.91 Å². The predicted molar refractivity (Wildman–Crippen MR) is 210 cm³/mol. The molecule has 1 heterocycles. The zero-order valence-corrected chi connectivity index (χ0v) is 32.8. The third-order valence-electron chi connectivity index (χ3n) is 13.3. The lowest BCUT2D eigenvalue weighted by Gasteiger charge is -2.62. The summed E-state index contributed by atoms with van der Waals surface area (Å²) in [6.45, 7) is 3.22. The van der Waals surface area contributed by atoms with Crippen LogP contribution in [-0.4, -0.2) is 76.9 Å². The number of nitrogens with zero attached hydrogens (tertiary/aromatic N) is 2. The third kappa shape index (κ3) is 7.45. The molecular weight excluding hydrogens is 730 g/mol. The Bertz CT molecular complexity index is 2150. The number of alkyl halides is 1. The lowest BCUT2D eigenvalue weighted by atomic mass is 9.45. The molecule has 0 radical (unpaired) electrons. The standard InChI is InChI=1S/C45H50FN3O8/c1-43-23-38(52)45(46)35(12-10-31-22-33(50)17-19-44(31,45)2)34(43)13-14-36(43)37(51)26-57-40(54)16-15-39(53)56-25-27-5-7-28(8-6-27)41(49(3)4)42(55)48-32-11-9-30-24-47-20-18-29(30)21-32/h5-9,11,17-22,24,34-36,38,41,52H,10,12-16,23,25-26H2,1-4H3,(H,48,55)/t34-,35-,36+,38-,41?,43-,44-,45-/m0/s1. The van der Waals surface area contributed by atoms with Crippen LogP contribution in [0.4, 0.5) is 10.1 Å². The van der Waals surface area contributed by atoms with Crippen LogP contribution in [0.5, 0.6) is 0 Å². The molecule has 300 valence electrons. The van der Waals surface area contributed by atoms with Crippen LogP contribution in [0.25, 0.3) is 10.8 Å². The van der Waals surface area contributed by atoms with Gasteiger partial charge in [0.1, 0.15) is 19.3 Å². The van der Waals surface area contributed by atoms with Crippen LogP contribution < -0.4 is 5.32 Å². The molecule has 7 rings (SSSR count). The lowest BCUT2D eigenvalue weighted by molar-refractivity contribution is -0.196. The van der Waals surface area contributed by atoms with Crippen LogP contribution in [0.3, 0.4) is 0 Å². The molecule has 3 fully saturated rings. The number of benzene rings is 2. The van der Waals surface area contributed by atoms with Crippen molar-refractivity contribution in [2.75, 3.05) is 26.0 Å². The van der Waals surface area contributed by atoms with E-state index in [0.29, 0.717) is 42.5 Å². The molecule has 0 aliphatic heterocycles. The van der Waals surface area contributed by atoms with E-state index in [2.05, 4.69) is 10.3 Å². The maximum atomic E-state index is 17.3. The maximum absolute atomic E-state index is 17.3. The number of ketones is 2. The first kappa shape index (κ1) is 40.1. The monoisotopic (exact) mass is 779 g/mol. The molecule has 4 aliphatic rings. The SMILES string of the molecule is CN(C)C(C(=O)Nc1ccc2cnccc2c1)c1ccc(COC(=O)CCC(=O)OCC(=O)[C@H]2CC[C@H]3[C@@H]4CCC5=CC(=O)C=C[C@]5(C)[C@@]4(F)[C@@H](O)C[C@]23C)cc1. The van der Waals surface area contributed by atoms with E-state index >= 15 is 4.39 Å². The Hall–Kier alpha value is -5.07. The van der Waals surface area contributed by atoms with Crippen LogP contribution >= 0.6 is 0 Å². The van der Waals surface area contributed by atoms with Crippen LogP contribution in [-0.2, 0) is 40.1 Å². The third-order valence-corrected chi connectivity index (χ3v) is 13.3. The molecule has 12 heteroatoms. The van der Waals surface area contributed by atoms with Gasteiger partial charge in [0.05, 0.1) is 18.9 Å². The number of allylic oxidation sites excluding steroid dienone is 4. The van der Waals surface area contributed by atoms with Crippen molar-refractivity contribution in [1.82, 2.24) is 9.88 Å². The summed E-state index contributed by atoms with van der Waals surface area (Å²) in [5, 5.41) is 16.4. The van der Waals surface area contributed by atoms with Crippen LogP contribution in [0.15, 0.2) is 84.7 Å². The molecule has 11 nitrogen and oxygen atoms in total. The summed E-state index contributed by atoms with van der Waals surface area (Å²) in [5.74, 6) is -3.11. The molecule has 0 bridgehead atoms. The largest absolute Gasteiger partial charge is 0.461 e. The number of amides is 1. The lowest BCUT2D eigenvalue weighted by Crippen LogP contribution is -2.66. The average molecular weight is 780 g/mol. The van der Waals surface area contributed by atoms with Gasteiger partial charge in [-0.1, -0.05) is 48.9 Å². The summed E-state index contributed by atoms with van der Waals surface area (Å²) in [6, 6.07) is 14.1. The first-order valence-corrected chi connectivity index (χ1v) is 19.7. The number of anilines is 1. The number of Topliss-reactive ketones (excluding diaryl/α,β-unsaturated/α-hetero) is 1. The van der Waals surface area contributed by atoms with Gasteiger partial charge in [-0.2, -0.15) is 0 Å². The molecule has 3 saturated carbocycles. The van der Waals surface area contributed by atoms with E-state index in [1.807, 2.05) is 62.3 Å². The number of ether oxygens (including phenoxy) is 2. The number of esters is 2. The van der Waals surface area contributed by atoms with Gasteiger partial charge in [0.15, 0.2) is 17.2 Å². The fourth-order valence-electron chi connectivity index (χ4n) is 10.4. The molecule has 2 aromatic carbocycles. The van der Waals surface area contributed by atoms with Gasteiger partial charge < -0.3 is 19.9 Å². The highest BCUT2D eigenvalue weighted by atomic mass is 19.1. The Morgan fingerprint density at radius 3 is 2.44 bits per heavy atom. The van der Waals surface area contributed by atoms with Gasteiger partial charge in [0.25, 0.3) is 0 Å². The van der Waals surface area contributed by atoms with Gasteiger partial charge in [-0.25, -0.2) is 4.39 Å². The number of nitrogens with one attached hydrogen (secondary N) is 1. The number of halogens is 1. The zero-order chi connectivity index (χ0) is 40.7. The number of aromatic nitrogens is 1. The molecule has 0 saturated heterocycles.